The van der Waals surface area contributed by atoms with Crippen LogP contribution in [0, 0.1) is 0 Å². The quantitative estimate of drug-likeness (QED) is 0.596. The summed E-state index contributed by atoms with van der Waals surface area (Å²) in [5, 5.41) is 7.41. The van der Waals surface area contributed by atoms with E-state index < -0.39 is 0 Å². The summed E-state index contributed by atoms with van der Waals surface area (Å²) < 4.78 is 5.73. The molecule has 5 nitrogen and oxygen atoms in total. The number of aromatic nitrogens is 2. The predicted molar refractivity (Wildman–Crippen MR) is 84.7 cm³/mol. The standard InChI is InChI=1S/C14H24N4OS/c1-3-15-12-10-13(18-14(17-12)20-2)16-8-7-11-6-4-5-9-19-11/h10-11H,3-9H2,1-2H3,(H2,15,16,17,18). The number of anilines is 2. The minimum Gasteiger partial charge on any atom is -0.378 e. The monoisotopic (exact) mass is 296 g/mol. The summed E-state index contributed by atoms with van der Waals surface area (Å²) in [6.07, 6.45) is 7.12. The van der Waals surface area contributed by atoms with E-state index in [0.29, 0.717) is 6.10 Å². The van der Waals surface area contributed by atoms with Crippen LogP contribution in [0.2, 0.25) is 0 Å². The first-order valence-electron chi connectivity index (χ1n) is 7.34. The average Bonchev–Trinajstić information content (AvgIpc) is 2.48. The predicted octanol–water partition coefficient (Wildman–Crippen LogP) is 3.00. The van der Waals surface area contributed by atoms with Gasteiger partial charge in [0, 0.05) is 25.8 Å². The molecule has 1 saturated heterocycles. The molecule has 0 bridgehead atoms. The fourth-order valence-electron chi connectivity index (χ4n) is 2.27. The number of hydrogen-bond acceptors (Lipinski definition) is 6. The number of thioether (sulfide) groups is 1. The molecule has 1 aromatic heterocycles. The maximum absolute atomic E-state index is 5.73. The smallest absolute Gasteiger partial charge is 0.191 e. The molecule has 2 rings (SSSR count). The van der Waals surface area contributed by atoms with Gasteiger partial charge in [-0.2, -0.15) is 0 Å². The van der Waals surface area contributed by atoms with Gasteiger partial charge in [-0.15, -0.1) is 0 Å². The Balaban J connectivity index is 1.85. The number of nitrogens with zero attached hydrogens (tertiary/aromatic N) is 2. The first-order valence-corrected chi connectivity index (χ1v) is 8.56. The topological polar surface area (TPSA) is 59.1 Å². The lowest BCUT2D eigenvalue weighted by molar-refractivity contribution is 0.0134. The van der Waals surface area contributed by atoms with E-state index in [0.717, 1.165) is 42.9 Å². The van der Waals surface area contributed by atoms with Gasteiger partial charge in [-0.3, -0.25) is 0 Å². The van der Waals surface area contributed by atoms with E-state index in [-0.39, 0.29) is 0 Å². The minimum atomic E-state index is 0.409. The molecular weight excluding hydrogens is 272 g/mol. The molecule has 1 atom stereocenters. The molecule has 0 spiro atoms. The molecule has 0 saturated carbocycles. The van der Waals surface area contributed by atoms with Gasteiger partial charge in [0.15, 0.2) is 5.16 Å². The van der Waals surface area contributed by atoms with Crippen molar-refractivity contribution in [1.82, 2.24) is 9.97 Å². The van der Waals surface area contributed by atoms with Crippen molar-refractivity contribution in [2.24, 2.45) is 0 Å². The van der Waals surface area contributed by atoms with Crippen molar-refractivity contribution in [3.8, 4) is 0 Å². The number of nitrogens with one attached hydrogen (secondary N) is 2. The molecule has 1 fully saturated rings. The van der Waals surface area contributed by atoms with E-state index in [1.807, 2.05) is 12.3 Å². The highest BCUT2D eigenvalue weighted by Gasteiger charge is 2.13. The van der Waals surface area contributed by atoms with Crippen molar-refractivity contribution in [1.29, 1.82) is 0 Å². The van der Waals surface area contributed by atoms with Gasteiger partial charge in [0.1, 0.15) is 11.6 Å². The summed E-state index contributed by atoms with van der Waals surface area (Å²) in [6, 6.07) is 1.96. The van der Waals surface area contributed by atoms with E-state index >= 15 is 0 Å². The maximum atomic E-state index is 5.73. The van der Waals surface area contributed by atoms with Crippen LogP contribution in [-0.4, -0.2) is 42.0 Å². The molecule has 0 radical (unpaired) electrons. The van der Waals surface area contributed by atoms with Crippen LogP contribution in [0.4, 0.5) is 11.6 Å². The second kappa shape index (κ2) is 8.32. The maximum Gasteiger partial charge on any atom is 0.191 e. The summed E-state index contributed by atoms with van der Waals surface area (Å²) >= 11 is 1.56. The van der Waals surface area contributed by atoms with Crippen LogP contribution < -0.4 is 10.6 Å². The van der Waals surface area contributed by atoms with E-state index in [1.165, 1.54) is 19.3 Å². The Hall–Kier alpha value is -1.01. The van der Waals surface area contributed by atoms with Crippen molar-refractivity contribution >= 4 is 23.4 Å². The van der Waals surface area contributed by atoms with Gasteiger partial charge >= 0.3 is 0 Å². The lowest BCUT2D eigenvalue weighted by Crippen LogP contribution is -2.22. The summed E-state index contributed by atoms with van der Waals surface area (Å²) in [7, 11) is 0. The fraction of sp³-hybridized carbons (Fsp3) is 0.714. The van der Waals surface area contributed by atoms with Crippen molar-refractivity contribution in [2.45, 2.75) is 43.9 Å². The molecule has 0 amide bonds. The molecule has 1 aromatic rings. The summed E-state index contributed by atoms with van der Waals surface area (Å²) in [5.41, 5.74) is 0. The number of hydrogen-bond donors (Lipinski definition) is 2. The number of rotatable bonds is 7. The van der Waals surface area contributed by atoms with E-state index in [2.05, 4.69) is 27.5 Å². The lowest BCUT2D eigenvalue weighted by atomic mass is 10.1. The van der Waals surface area contributed by atoms with Gasteiger partial charge in [-0.05, 0) is 38.9 Å². The highest BCUT2D eigenvalue weighted by Crippen LogP contribution is 2.18. The largest absolute Gasteiger partial charge is 0.378 e. The highest BCUT2D eigenvalue weighted by molar-refractivity contribution is 7.98. The van der Waals surface area contributed by atoms with Crippen LogP contribution in [0.15, 0.2) is 11.2 Å². The first kappa shape index (κ1) is 15.4. The van der Waals surface area contributed by atoms with Crippen molar-refractivity contribution < 1.29 is 4.74 Å². The molecule has 0 aromatic carbocycles. The Labute approximate surface area is 125 Å². The Kier molecular flexibility index (Phi) is 6.39. The van der Waals surface area contributed by atoms with Crippen LogP contribution in [0.5, 0.6) is 0 Å². The molecule has 2 heterocycles. The van der Waals surface area contributed by atoms with Crippen molar-refractivity contribution in [3.05, 3.63) is 6.07 Å². The molecule has 1 unspecified atom stereocenters. The van der Waals surface area contributed by atoms with Crippen LogP contribution in [0.3, 0.4) is 0 Å². The van der Waals surface area contributed by atoms with Crippen LogP contribution >= 0.6 is 11.8 Å². The second-order valence-electron chi connectivity index (χ2n) is 4.86. The van der Waals surface area contributed by atoms with E-state index in [4.69, 9.17) is 4.74 Å². The SMILES string of the molecule is CCNc1cc(NCCC2CCCCO2)nc(SC)n1. The van der Waals surface area contributed by atoms with E-state index in [9.17, 15) is 0 Å². The number of ether oxygens (including phenoxy) is 1. The van der Waals surface area contributed by atoms with Crippen LogP contribution in [-0.2, 0) is 4.74 Å². The third-order valence-corrected chi connectivity index (χ3v) is 3.84. The minimum absolute atomic E-state index is 0.409. The Bertz CT molecular complexity index is 410. The van der Waals surface area contributed by atoms with Crippen molar-refractivity contribution in [2.75, 3.05) is 36.6 Å². The van der Waals surface area contributed by atoms with Gasteiger partial charge in [0.25, 0.3) is 0 Å². The molecule has 6 heteroatoms. The summed E-state index contributed by atoms with van der Waals surface area (Å²) in [4.78, 5) is 8.89. The lowest BCUT2D eigenvalue weighted by Gasteiger charge is -2.22. The van der Waals surface area contributed by atoms with Crippen LogP contribution in [0.1, 0.15) is 32.6 Å². The molecule has 2 N–H and O–H groups in total. The van der Waals surface area contributed by atoms with Gasteiger partial charge in [0.2, 0.25) is 0 Å². The Morgan fingerprint density at radius 2 is 2.10 bits per heavy atom. The van der Waals surface area contributed by atoms with Crippen molar-refractivity contribution in [3.63, 3.8) is 0 Å². The molecule has 20 heavy (non-hydrogen) atoms. The summed E-state index contributed by atoms with van der Waals surface area (Å²) in [5.74, 6) is 1.76. The first-order chi connectivity index (χ1) is 9.81. The molecule has 112 valence electrons. The zero-order valence-corrected chi connectivity index (χ0v) is 13.1. The van der Waals surface area contributed by atoms with E-state index in [1.54, 1.807) is 11.8 Å². The Morgan fingerprint density at radius 3 is 2.75 bits per heavy atom. The average molecular weight is 296 g/mol. The zero-order valence-electron chi connectivity index (χ0n) is 12.3. The molecule has 1 aliphatic heterocycles. The molecular formula is C14H24N4OS. The zero-order chi connectivity index (χ0) is 14.2. The molecule has 0 aliphatic carbocycles. The van der Waals surface area contributed by atoms with Gasteiger partial charge in [0.05, 0.1) is 6.10 Å². The Morgan fingerprint density at radius 1 is 1.30 bits per heavy atom. The van der Waals surface area contributed by atoms with Gasteiger partial charge in [-0.25, -0.2) is 9.97 Å². The van der Waals surface area contributed by atoms with Crippen LogP contribution in [0.25, 0.3) is 0 Å². The summed E-state index contributed by atoms with van der Waals surface area (Å²) in [6.45, 7) is 4.73. The second-order valence-corrected chi connectivity index (χ2v) is 5.63. The van der Waals surface area contributed by atoms with Gasteiger partial charge in [-0.1, -0.05) is 11.8 Å². The third kappa shape index (κ3) is 4.83. The third-order valence-electron chi connectivity index (χ3n) is 3.29. The highest BCUT2D eigenvalue weighted by atomic mass is 32.2. The normalized spacial score (nSPS) is 18.8. The fourth-order valence-corrected chi connectivity index (χ4v) is 2.65. The van der Waals surface area contributed by atoms with Gasteiger partial charge < -0.3 is 15.4 Å². The molecule has 1 aliphatic rings.